The lowest BCUT2D eigenvalue weighted by Crippen LogP contribution is -2.27. The topological polar surface area (TPSA) is 38.7 Å². The molecule has 3 nitrogen and oxygen atoms in total. The van der Waals surface area contributed by atoms with E-state index in [1.165, 1.54) is 0 Å². The minimum absolute atomic E-state index is 0.0316. The Labute approximate surface area is 101 Å². The second-order valence-corrected chi connectivity index (χ2v) is 3.90. The van der Waals surface area contributed by atoms with E-state index in [4.69, 9.17) is 14.6 Å². The summed E-state index contributed by atoms with van der Waals surface area (Å²) in [5.74, 6) is 10.8. The van der Waals surface area contributed by atoms with Gasteiger partial charge in [0.2, 0.25) is 5.79 Å². The van der Waals surface area contributed by atoms with Gasteiger partial charge in [-0.05, 0) is 37.3 Å². The molecule has 2 aliphatic heterocycles. The molecule has 0 aliphatic carbocycles. The molecule has 17 heavy (non-hydrogen) atoms. The molecule has 1 fully saturated rings. The highest BCUT2D eigenvalue weighted by Gasteiger charge is 2.42. The van der Waals surface area contributed by atoms with Gasteiger partial charge in [0.15, 0.2) is 0 Å². The summed E-state index contributed by atoms with van der Waals surface area (Å²) < 4.78 is 11.3. The van der Waals surface area contributed by atoms with E-state index in [1.54, 1.807) is 13.0 Å². The van der Waals surface area contributed by atoms with Crippen LogP contribution in [0.2, 0.25) is 0 Å². The molecule has 3 heteroatoms. The van der Waals surface area contributed by atoms with Crippen molar-refractivity contribution in [2.24, 2.45) is 0 Å². The highest BCUT2D eigenvalue weighted by molar-refractivity contribution is 5.35. The summed E-state index contributed by atoms with van der Waals surface area (Å²) in [5.41, 5.74) is 0. The van der Waals surface area contributed by atoms with Crippen LogP contribution in [-0.2, 0) is 9.47 Å². The van der Waals surface area contributed by atoms with Crippen LogP contribution >= 0.6 is 0 Å². The fraction of sp³-hybridized carbons (Fsp3) is 0.429. The highest BCUT2D eigenvalue weighted by atomic mass is 16.7. The van der Waals surface area contributed by atoms with E-state index in [-0.39, 0.29) is 12.7 Å². The van der Waals surface area contributed by atoms with Crippen LogP contribution in [0.3, 0.4) is 0 Å². The molecule has 0 aromatic heterocycles. The summed E-state index contributed by atoms with van der Waals surface area (Å²) >= 11 is 0. The molecule has 0 aromatic rings. The van der Waals surface area contributed by atoms with E-state index in [1.807, 2.05) is 12.2 Å². The van der Waals surface area contributed by atoms with Crippen LogP contribution in [0.4, 0.5) is 0 Å². The zero-order chi connectivity index (χ0) is 12.1. The Bertz CT molecular complexity index is 467. The zero-order valence-corrected chi connectivity index (χ0v) is 9.69. The predicted molar refractivity (Wildman–Crippen MR) is 63.5 cm³/mol. The molecule has 0 amide bonds. The number of aliphatic hydroxyl groups is 1. The van der Waals surface area contributed by atoms with Crippen molar-refractivity contribution < 1.29 is 14.6 Å². The van der Waals surface area contributed by atoms with Gasteiger partial charge in [-0.15, -0.1) is 0 Å². The van der Waals surface area contributed by atoms with Gasteiger partial charge < -0.3 is 14.6 Å². The summed E-state index contributed by atoms with van der Waals surface area (Å²) in [7, 11) is 0. The van der Waals surface area contributed by atoms with Crippen molar-refractivity contribution in [3.8, 4) is 23.7 Å². The van der Waals surface area contributed by atoms with Gasteiger partial charge >= 0.3 is 0 Å². The fourth-order valence-electron chi connectivity index (χ4n) is 1.85. The average Bonchev–Trinajstić information content (AvgIpc) is 2.93. The first-order chi connectivity index (χ1) is 8.28. The summed E-state index contributed by atoms with van der Waals surface area (Å²) in [6.45, 7) is 1.77. The Kier molecular flexibility index (Phi) is 3.54. The fourth-order valence-corrected chi connectivity index (χ4v) is 1.85. The van der Waals surface area contributed by atoms with E-state index in [2.05, 4.69) is 23.7 Å². The molecule has 0 aromatic carbocycles. The third-order valence-electron chi connectivity index (χ3n) is 2.65. The van der Waals surface area contributed by atoms with Crippen molar-refractivity contribution in [3.05, 3.63) is 24.0 Å². The van der Waals surface area contributed by atoms with Crippen LogP contribution in [0.5, 0.6) is 0 Å². The first-order valence-electron chi connectivity index (χ1n) is 5.57. The van der Waals surface area contributed by atoms with Crippen LogP contribution in [0, 0.1) is 23.7 Å². The van der Waals surface area contributed by atoms with Gasteiger partial charge in [-0.1, -0.05) is 11.8 Å². The zero-order valence-electron chi connectivity index (χ0n) is 9.69. The van der Waals surface area contributed by atoms with Gasteiger partial charge in [0.25, 0.3) is 0 Å². The van der Waals surface area contributed by atoms with E-state index in [0.29, 0.717) is 5.76 Å². The van der Waals surface area contributed by atoms with Crippen LogP contribution in [0.15, 0.2) is 24.0 Å². The van der Waals surface area contributed by atoms with Gasteiger partial charge in [-0.3, -0.25) is 0 Å². The third kappa shape index (κ3) is 2.71. The number of ether oxygens (including phenoxy) is 2. The maximum Gasteiger partial charge on any atom is 0.231 e. The molecular weight excluding hydrogens is 216 g/mol. The van der Waals surface area contributed by atoms with E-state index in [0.717, 1.165) is 12.8 Å². The quantitative estimate of drug-likeness (QED) is 0.691. The maximum atomic E-state index is 9.02. The smallest absolute Gasteiger partial charge is 0.231 e. The van der Waals surface area contributed by atoms with Gasteiger partial charge in [-0.2, -0.15) is 0 Å². The summed E-state index contributed by atoms with van der Waals surface area (Å²) in [5, 5.41) is 9.02. The van der Waals surface area contributed by atoms with Crippen LogP contribution < -0.4 is 0 Å². The second-order valence-electron chi connectivity index (χ2n) is 3.90. The van der Waals surface area contributed by atoms with Crippen molar-refractivity contribution in [2.75, 3.05) is 6.61 Å². The predicted octanol–water partition coefficient (Wildman–Crippen LogP) is 1.35. The highest BCUT2D eigenvalue weighted by Crippen LogP contribution is 2.38. The lowest BCUT2D eigenvalue weighted by atomic mass is 10.1. The summed E-state index contributed by atoms with van der Waals surface area (Å²) in [4.78, 5) is 0. The molecule has 2 atom stereocenters. The van der Waals surface area contributed by atoms with Crippen molar-refractivity contribution in [3.63, 3.8) is 0 Å². The Morgan fingerprint density at radius 1 is 1.59 bits per heavy atom. The molecule has 0 saturated carbocycles. The van der Waals surface area contributed by atoms with Gasteiger partial charge in [0.1, 0.15) is 5.76 Å². The number of aliphatic hydroxyl groups excluding tert-OH is 1. The molecule has 1 saturated heterocycles. The van der Waals surface area contributed by atoms with E-state index in [9.17, 15) is 0 Å². The Morgan fingerprint density at radius 2 is 2.47 bits per heavy atom. The average molecular weight is 230 g/mol. The summed E-state index contributed by atoms with van der Waals surface area (Å²) in [6, 6.07) is 0. The molecule has 2 aliphatic rings. The van der Waals surface area contributed by atoms with Crippen molar-refractivity contribution >= 4 is 0 Å². The van der Waals surface area contributed by atoms with Gasteiger partial charge in [0.05, 0.1) is 12.7 Å². The minimum Gasteiger partial charge on any atom is -0.458 e. The number of rotatable bonds is 1. The molecule has 2 rings (SSSR count). The van der Waals surface area contributed by atoms with Crippen molar-refractivity contribution in [2.45, 2.75) is 31.7 Å². The standard InChI is InChI=1S/C14H14O3/c1-2-3-4-5-6-12-7-9-14(16-12)10-8-13(11-15)17-14/h6-7,9,13,15H,8,10-11H2,1H3. The first kappa shape index (κ1) is 11.8. The summed E-state index contributed by atoms with van der Waals surface area (Å²) in [6.07, 6.45) is 6.83. The SMILES string of the molecule is CC#CC#CC=C1C=CC2(CCC(CO)O2)O1. The van der Waals surface area contributed by atoms with Crippen LogP contribution in [0.1, 0.15) is 19.8 Å². The van der Waals surface area contributed by atoms with Gasteiger partial charge in [-0.25, -0.2) is 0 Å². The van der Waals surface area contributed by atoms with Crippen LogP contribution in [0.25, 0.3) is 0 Å². The van der Waals surface area contributed by atoms with Crippen molar-refractivity contribution in [1.29, 1.82) is 0 Å². The van der Waals surface area contributed by atoms with Crippen molar-refractivity contribution in [1.82, 2.24) is 0 Å². The first-order valence-corrected chi connectivity index (χ1v) is 5.57. The van der Waals surface area contributed by atoms with Crippen LogP contribution in [-0.4, -0.2) is 23.6 Å². The molecule has 2 unspecified atom stereocenters. The monoisotopic (exact) mass is 230 g/mol. The molecule has 0 radical (unpaired) electrons. The molecule has 0 bridgehead atoms. The lowest BCUT2D eigenvalue weighted by molar-refractivity contribution is -0.165. The lowest BCUT2D eigenvalue weighted by Gasteiger charge is -2.22. The number of allylic oxidation sites excluding steroid dienone is 2. The molecule has 2 heterocycles. The molecular formula is C14H14O3. The Balaban J connectivity index is 1.99. The maximum absolute atomic E-state index is 9.02. The van der Waals surface area contributed by atoms with E-state index < -0.39 is 5.79 Å². The minimum atomic E-state index is -0.683. The molecule has 1 N–H and O–H groups in total. The number of hydrogen-bond acceptors (Lipinski definition) is 3. The van der Waals surface area contributed by atoms with Gasteiger partial charge in [0, 0.05) is 12.5 Å². The molecule has 88 valence electrons. The largest absolute Gasteiger partial charge is 0.458 e. The Hall–Kier alpha value is -1.68. The number of hydrogen-bond donors (Lipinski definition) is 1. The second kappa shape index (κ2) is 5.10. The third-order valence-corrected chi connectivity index (χ3v) is 2.65. The molecule has 1 spiro atoms. The Morgan fingerprint density at radius 3 is 3.18 bits per heavy atom. The normalized spacial score (nSPS) is 31.9. The van der Waals surface area contributed by atoms with E-state index >= 15 is 0 Å².